The van der Waals surface area contributed by atoms with Crippen molar-refractivity contribution >= 4 is 16.2 Å². The molecule has 0 saturated carbocycles. The molecule has 0 heterocycles. The lowest BCUT2D eigenvalue weighted by atomic mass is 9.82. The predicted octanol–water partition coefficient (Wildman–Crippen LogP) is 4.94. The molecule has 0 fully saturated rings. The first kappa shape index (κ1) is 17.2. The van der Waals surface area contributed by atoms with E-state index in [0.717, 1.165) is 30.4 Å². The van der Waals surface area contributed by atoms with Crippen molar-refractivity contribution in [2.24, 2.45) is 0 Å². The van der Waals surface area contributed by atoms with Gasteiger partial charge in [-0.3, -0.25) is 4.55 Å². The van der Waals surface area contributed by atoms with Crippen LogP contribution in [0.4, 0.5) is 0 Å². The fraction of sp³-hybridized carbons (Fsp3) is 0.556. The van der Waals surface area contributed by atoms with Crippen molar-refractivity contribution in [3.63, 3.8) is 0 Å². The summed E-state index contributed by atoms with van der Waals surface area (Å²) in [6.07, 6.45) is 11.3. The maximum Gasteiger partial charge on any atom is 0.275 e. The lowest BCUT2D eigenvalue weighted by Crippen LogP contribution is -2.37. The molecule has 1 aromatic carbocycles. The molecular weight excluding hydrogens is 296 g/mol. The van der Waals surface area contributed by atoms with Crippen molar-refractivity contribution in [1.82, 2.24) is 0 Å². The molecule has 1 aliphatic carbocycles. The van der Waals surface area contributed by atoms with Crippen molar-refractivity contribution < 1.29 is 13.0 Å². The minimum absolute atomic E-state index is 0.359. The molecule has 2 rings (SSSR count). The molecule has 3 nitrogen and oxygen atoms in total. The number of fused-ring (bicyclic) bond motifs is 1. The van der Waals surface area contributed by atoms with Crippen LogP contribution in [-0.2, 0) is 14.9 Å². The molecule has 1 aromatic rings. The summed E-state index contributed by atoms with van der Waals surface area (Å²) >= 11 is 0. The van der Waals surface area contributed by atoms with E-state index in [1.54, 1.807) is 0 Å². The largest absolute Gasteiger partial charge is 0.285 e. The van der Waals surface area contributed by atoms with Gasteiger partial charge in [-0.05, 0) is 24.0 Å². The molecule has 0 bridgehead atoms. The number of rotatable bonds is 8. The minimum atomic E-state index is -4.15. The summed E-state index contributed by atoms with van der Waals surface area (Å²) in [5, 5.41) is 0. The Hall–Kier alpha value is -1.13. The first-order valence-corrected chi connectivity index (χ1v) is 9.68. The molecule has 4 heteroatoms. The van der Waals surface area contributed by atoms with Gasteiger partial charge in [-0.2, -0.15) is 8.42 Å². The Kier molecular flexibility index (Phi) is 5.81. The van der Waals surface area contributed by atoms with Gasteiger partial charge in [0.1, 0.15) is 4.75 Å². The second-order valence-electron chi connectivity index (χ2n) is 6.18. The van der Waals surface area contributed by atoms with Gasteiger partial charge in [-0.25, -0.2) is 0 Å². The molecule has 1 atom stereocenters. The summed E-state index contributed by atoms with van der Waals surface area (Å²) in [4.78, 5) is 0. The van der Waals surface area contributed by atoms with Crippen molar-refractivity contribution in [1.29, 1.82) is 0 Å². The molecule has 0 aromatic heterocycles. The van der Waals surface area contributed by atoms with E-state index in [-0.39, 0.29) is 0 Å². The van der Waals surface area contributed by atoms with Crippen LogP contribution in [0.25, 0.3) is 6.08 Å². The van der Waals surface area contributed by atoms with Crippen LogP contribution in [-0.4, -0.2) is 13.0 Å². The van der Waals surface area contributed by atoms with Gasteiger partial charge in [0, 0.05) is 0 Å². The van der Waals surface area contributed by atoms with Crippen LogP contribution in [0.5, 0.6) is 0 Å². The zero-order chi connectivity index (χ0) is 16.1. The van der Waals surface area contributed by atoms with Gasteiger partial charge >= 0.3 is 0 Å². The smallest absolute Gasteiger partial charge is 0.275 e. The van der Waals surface area contributed by atoms with Crippen molar-refractivity contribution in [2.75, 3.05) is 0 Å². The van der Waals surface area contributed by atoms with Crippen LogP contribution in [0.3, 0.4) is 0 Å². The minimum Gasteiger partial charge on any atom is -0.285 e. The number of benzene rings is 1. The number of hydrogen-bond acceptors (Lipinski definition) is 2. The number of hydrogen-bond donors (Lipinski definition) is 1. The number of unbranched alkanes of at least 4 members (excludes halogenated alkanes) is 5. The molecule has 0 amide bonds. The molecule has 1 N–H and O–H groups in total. The van der Waals surface area contributed by atoms with Crippen LogP contribution in [0.2, 0.25) is 0 Å². The van der Waals surface area contributed by atoms with Crippen LogP contribution in [0, 0.1) is 0 Å². The summed E-state index contributed by atoms with van der Waals surface area (Å²) in [5.74, 6) is 0. The fourth-order valence-corrected chi connectivity index (χ4v) is 4.52. The molecular formula is C18H26O3S. The fourth-order valence-electron chi connectivity index (χ4n) is 3.34. The second kappa shape index (κ2) is 7.42. The third-order valence-corrected chi connectivity index (χ3v) is 6.20. The van der Waals surface area contributed by atoms with Gasteiger partial charge in [-0.1, -0.05) is 81.9 Å². The third-order valence-electron chi connectivity index (χ3n) is 4.62. The molecule has 0 radical (unpaired) electrons. The zero-order valence-electron chi connectivity index (χ0n) is 13.3. The van der Waals surface area contributed by atoms with Crippen molar-refractivity contribution in [2.45, 2.75) is 63.0 Å². The van der Waals surface area contributed by atoms with Gasteiger partial charge in [-0.15, -0.1) is 0 Å². The summed E-state index contributed by atoms with van der Waals surface area (Å²) in [6.45, 7) is 2.18. The Morgan fingerprint density at radius 1 is 1.09 bits per heavy atom. The maximum atomic E-state index is 12.2. The summed E-state index contributed by atoms with van der Waals surface area (Å²) in [5.41, 5.74) is 1.64. The summed E-state index contributed by atoms with van der Waals surface area (Å²) in [7, 11) is -4.15. The monoisotopic (exact) mass is 322 g/mol. The van der Waals surface area contributed by atoms with Crippen LogP contribution in [0.1, 0.15) is 69.4 Å². The van der Waals surface area contributed by atoms with E-state index in [1.807, 2.05) is 36.4 Å². The Bertz CT molecular complexity index is 619. The van der Waals surface area contributed by atoms with Gasteiger partial charge in [0.2, 0.25) is 0 Å². The first-order chi connectivity index (χ1) is 10.5. The summed E-state index contributed by atoms with van der Waals surface area (Å²) in [6, 6.07) is 7.49. The highest BCUT2D eigenvalue weighted by molar-refractivity contribution is 7.86. The van der Waals surface area contributed by atoms with E-state index in [4.69, 9.17) is 0 Å². The van der Waals surface area contributed by atoms with E-state index in [0.29, 0.717) is 12.8 Å². The molecule has 122 valence electrons. The van der Waals surface area contributed by atoms with Crippen LogP contribution >= 0.6 is 0 Å². The molecule has 22 heavy (non-hydrogen) atoms. The van der Waals surface area contributed by atoms with E-state index < -0.39 is 14.9 Å². The average molecular weight is 322 g/mol. The Morgan fingerprint density at radius 3 is 2.50 bits per heavy atom. The highest BCUT2D eigenvalue weighted by Crippen LogP contribution is 2.43. The Morgan fingerprint density at radius 2 is 1.77 bits per heavy atom. The highest BCUT2D eigenvalue weighted by Gasteiger charge is 2.45. The van der Waals surface area contributed by atoms with Crippen molar-refractivity contribution in [3.05, 3.63) is 41.5 Å². The standard InChI is InChI=1S/C18H26O3S/c1-2-3-4-5-6-9-14-18(22(19,20)21)15-10-12-16-11-7-8-13-17(16)18/h7-8,10-13H,2-6,9,14-15H2,1H3,(H,19,20,21). The number of allylic oxidation sites excluding steroid dienone is 1. The van der Waals surface area contributed by atoms with Gasteiger partial charge < -0.3 is 0 Å². The lowest BCUT2D eigenvalue weighted by Gasteiger charge is -2.34. The molecule has 1 unspecified atom stereocenters. The van der Waals surface area contributed by atoms with E-state index >= 15 is 0 Å². The maximum absolute atomic E-state index is 12.2. The third kappa shape index (κ3) is 3.61. The molecule has 0 saturated heterocycles. The topological polar surface area (TPSA) is 54.4 Å². The quantitative estimate of drug-likeness (QED) is 0.545. The van der Waals surface area contributed by atoms with Crippen molar-refractivity contribution in [3.8, 4) is 0 Å². The van der Waals surface area contributed by atoms with Gasteiger partial charge in [0.05, 0.1) is 0 Å². The molecule has 1 aliphatic rings. The van der Waals surface area contributed by atoms with E-state index in [2.05, 4.69) is 6.92 Å². The summed E-state index contributed by atoms with van der Waals surface area (Å²) < 4.78 is 33.1. The predicted molar refractivity (Wildman–Crippen MR) is 91.3 cm³/mol. The SMILES string of the molecule is CCCCCCCCC1(S(=O)(=O)O)CC=Cc2ccccc21. The van der Waals surface area contributed by atoms with Crippen LogP contribution in [0.15, 0.2) is 30.3 Å². The van der Waals surface area contributed by atoms with Crippen LogP contribution < -0.4 is 0 Å². The van der Waals surface area contributed by atoms with E-state index in [1.165, 1.54) is 19.3 Å². The second-order valence-corrected chi connectivity index (χ2v) is 7.91. The molecule has 0 aliphatic heterocycles. The Labute approximate surface area is 134 Å². The average Bonchev–Trinajstić information content (AvgIpc) is 2.49. The van der Waals surface area contributed by atoms with Gasteiger partial charge in [0.25, 0.3) is 10.1 Å². The zero-order valence-corrected chi connectivity index (χ0v) is 14.1. The lowest BCUT2D eigenvalue weighted by molar-refractivity contribution is 0.399. The Balaban J connectivity index is 2.16. The van der Waals surface area contributed by atoms with Gasteiger partial charge in [0.15, 0.2) is 0 Å². The van der Waals surface area contributed by atoms with E-state index in [9.17, 15) is 13.0 Å². The molecule has 0 spiro atoms. The normalized spacial score (nSPS) is 20.8. The highest BCUT2D eigenvalue weighted by atomic mass is 32.2. The first-order valence-electron chi connectivity index (χ1n) is 8.24.